The maximum atomic E-state index is 11.9. The second kappa shape index (κ2) is 7.94. The Morgan fingerprint density at radius 1 is 1.17 bits per heavy atom. The van der Waals surface area contributed by atoms with Crippen LogP contribution in [-0.2, 0) is 4.79 Å². The Balaban J connectivity index is 1.49. The summed E-state index contributed by atoms with van der Waals surface area (Å²) in [7, 11) is 0. The Labute approximate surface area is 147 Å². The highest BCUT2D eigenvalue weighted by Crippen LogP contribution is 2.24. The molecule has 0 saturated carbocycles. The minimum absolute atomic E-state index is 0.121. The van der Waals surface area contributed by atoms with Crippen LogP contribution >= 0.6 is 23.4 Å². The fraction of sp³-hybridized carbons (Fsp3) is 0.125. The van der Waals surface area contributed by atoms with Crippen molar-refractivity contribution in [2.45, 2.75) is 11.6 Å². The lowest BCUT2D eigenvalue weighted by Crippen LogP contribution is -2.12. The van der Waals surface area contributed by atoms with Crippen molar-refractivity contribution in [1.82, 2.24) is 15.2 Å². The molecule has 1 amide bonds. The van der Waals surface area contributed by atoms with E-state index in [0.29, 0.717) is 34.0 Å². The van der Waals surface area contributed by atoms with Crippen LogP contribution in [0, 0.1) is 0 Å². The molecule has 0 saturated heterocycles. The molecular formula is C16H13ClN4O2S. The first-order chi connectivity index (χ1) is 11.7. The summed E-state index contributed by atoms with van der Waals surface area (Å²) >= 11 is 7.33. The molecule has 1 aromatic carbocycles. The highest BCUT2D eigenvalue weighted by atomic mass is 35.5. The van der Waals surface area contributed by atoms with Gasteiger partial charge in [0, 0.05) is 30.1 Å². The highest BCUT2D eigenvalue weighted by Gasteiger charge is 2.10. The number of nitrogens with zero attached hydrogens (tertiary/aromatic N) is 3. The molecule has 3 rings (SSSR count). The number of carbonyl (C=O) groups excluding carboxylic acids is 1. The third kappa shape index (κ3) is 4.33. The second-order valence-electron chi connectivity index (χ2n) is 4.74. The van der Waals surface area contributed by atoms with Gasteiger partial charge >= 0.3 is 0 Å². The Bertz CT molecular complexity index is 826. The number of rotatable bonds is 6. The molecule has 0 unspecified atom stereocenters. The number of benzene rings is 1. The molecule has 1 N–H and O–H groups in total. The van der Waals surface area contributed by atoms with Gasteiger partial charge in [0.25, 0.3) is 5.22 Å². The van der Waals surface area contributed by atoms with Gasteiger partial charge in [-0.25, -0.2) is 0 Å². The van der Waals surface area contributed by atoms with E-state index in [9.17, 15) is 4.79 Å². The number of hydrogen-bond acceptors (Lipinski definition) is 6. The van der Waals surface area contributed by atoms with Crippen LogP contribution in [0.5, 0.6) is 0 Å². The van der Waals surface area contributed by atoms with E-state index >= 15 is 0 Å². The number of thioether (sulfide) groups is 1. The van der Waals surface area contributed by atoms with Gasteiger partial charge in [-0.05, 0) is 24.3 Å². The van der Waals surface area contributed by atoms with Crippen molar-refractivity contribution < 1.29 is 9.21 Å². The van der Waals surface area contributed by atoms with Crippen LogP contribution in [0.4, 0.5) is 5.69 Å². The van der Waals surface area contributed by atoms with Gasteiger partial charge in [-0.1, -0.05) is 35.5 Å². The van der Waals surface area contributed by atoms with Crippen LogP contribution in [0.1, 0.15) is 6.42 Å². The van der Waals surface area contributed by atoms with Gasteiger partial charge in [-0.3, -0.25) is 9.78 Å². The Morgan fingerprint density at radius 2 is 1.96 bits per heavy atom. The Morgan fingerprint density at radius 3 is 2.75 bits per heavy atom. The van der Waals surface area contributed by atoms with E-state index in [1.165, 1.54) is 11.8 Å². The van der Waals surface area contributed by atoms with E-state index in [4.69, 9.17) is 16.0 Å². The molecule has 24 heavy (non-hydrogen) atoms. The zero-order valence-corrected chi connectivity index (χ0v) is 14.0. The van der Waals surface area contributed by atoms with Crippen LogP contribution < -0.4 is 5.32 Å². The number of pyridine rings is 1. The van der Waals surface area contributed by atoms with Gasteiger partial charge in [0.05, 0.1) is 10.7 Å². The maximum Gasteiger partial charge on any atom is 0.276 e. The monoisotopic (exact) mass is 360 g/mol. The molecule has 0 atom stereocenters. The summed E-state index contributed by atoms with van der Waals surface area (Å²) in [4.78, 5) is 15.9. The summed E-state index contributed by atoms with van der Waals surface area (Å²) in [5.74, 6) is 0.832. The lowest BCUT2D eigenvalue weighted by molar-refractivity contribution is -0.115. The van der Waals surface area contributed by atoms with E-state index in [0.717, 1.165) is 5.56 Å². The molecule has 122 valence electrons. The summed E-state index contributed by atoms with van der Waals surface area (Å²) in [6.45, 7) is 0. The molecule has 0 fully saturated rings. The molecule has 0 aliphatic carbocycles. The van der Waals surface area contributed by atoms with E-state index in [-0.39, 0.29) is 5.91 Å². The zero-order valence-electron chi connectivity index (χ0n) is 12.5. The van der Waals surface area contributed by atoms with Gasteiger partial charge < -0.3 is 9.73 Å². The van der Waals surface area contributed by atoms with Crippen molar-refractivity contribution >= 4 is 35.0 Å². The van der Waals surface area contributed by atoms with Crippen LogP contribution in [0.3, 0.4) is 0 Å². The zero-order chi connectivity index (χ0) is 16.8. The van der Waals surface area contributed by atoms with Crippen LogP contribution in [-0.4, -0.2) is 26.8 Å². The fourth-order valence-electron chi connectivity index (χ4n) is 1.89. The van der Waals surface area contributed by atoms with Gasteiger partial charge in [-0.2, -0.15) is 0 Å². The highest BCUT2D eigenvalue weighted by molar-refractivity contribution is 7.99. The molecule has 6 nitrogen and oxygen atoms in total. The first kappa shape index (κ1) is 16.5. The van der Waals surface area contributed by atoms with Crippen LogP contribution in [0.2, 0.25) is 5.02 Å². The predicted octanol–water partition coefficient (Wildman–Crippen LogP) is 3.91. The Hall–Kier alpha value is -2.38. The second-order valence-corrected chi connectivity index (χ2v) is 6.19. The number of hydrogen-bond donors (Lipinski definition) is 1. The Kier molecular flexibility index (Phi) is 5.45. The number of aromatic nitrogens is 3. The quantitative estimate of drug-likeness (QED) is 0.671. The first-order valence-corrected chi connectivity index (χ1v) is 8.50. The van der Waals surface area contributed by atoms with Gasteiger partial charge in [0.2, 0.25) is 11.8 Å². The van der Waals surface area contributed by atoms with E-state index in [1.54, 1.807) is 36.7 Å². The largest absolute Gasteiger partial charge is 0.411 e. The molecular weight excluding hydrogens is 348 g/mol. The van der Waals surface area contributed by atoms with Crippen LogP contribution in [0.15, 0.2) is 58.4 Å². The molecule has 0 radical (unpaired) electrons. The SMILES string of the molecule is O=C(CCSc1nnc(-c2ccncc2)o1)Nc1ccccc1Cl. The molecule has 0 spiro atoms. The average molecular weight is 361 g/mol. The molecule has 2 aromatic heterocycles. The molecule has 8 heteroatoms. The topological polar surface area (TPSA) is 80.9 Å². The summed E-state index contributed by atoms with van der Waals surface area (Å²) in [5, 5.41) is 11.6. The number of carbonyl (C=O) groups is 1. The van der Waals surface area contributed by atoms with Gasteiger partial charge in [0.15, 0.2) is 0 Å². The molecule has 0 aliphatic rings. The number of anilines is 1. The maximum absolute atomic E-state index is 11.9. The lowest BCUT2D eigenvalue weighted by Gasteiger charge is -2.05. The number of para-hydroxylation sites is 1. The number of amides is 1. The van der Waals surface area contributed by atoms with Crippen molar-refractivity contribution in [2.75, 3.05) is 11.1 Å². The van der Waals surface area contributed by atoms with E-state index in [1.807, 2.05) is 12.1 Å². The normalized spacial score (nSPS) is 10.5. The number of nitrogens with one attached hydrogen (secondary N) is 1. The smallest absolute Gasteiger partial charge is 0.276 e. The summed E-state index contributed by atoms with van der Waals surface area (Å²) in [6, 6.07) is 10.7. The third-order valence-electron chi connectivity index (χ3n) is 3.04. The predicted molar refractivity (Wildman–Crippen MR) is 93.0 cm³/mol. The summed E-state index contributed by atoms with van der Waals surface area (Å²) in [6.07, 6.45) is 3.62. The van der Waals surface area contributed by atoms with E-state index < -0.39 is 0 Å². The fourth-order valence-corrected chi connectivity index (χ4v) is 2.77. The van der Waals surface area contributed by atoms with Crippen LogP contribution in [0.25, 0.3) is 11.5 Å². The van der Waals surface area contributed by atoms with Crippen molar-refractivity contribution in [3.8, 4) is 11.5 Å². The lowest BCUT2D eigenvalue weighted by atomic mass is 10.3. The minimum atomic E-state index is -0.121. The average Bonchev–Trinajstić information content (AvgIpc) is 3.07. The van der Waals surface area contributed by atoms with Crippen molar-refractivity contribution in [3.63, 3.8) is 0 Å². The molecule has 0 bridgehead atoms. The van der Waals surface area contributed by atoms with Gasteiger partial charge in [0.1, 0.15) is 0 Å². The van der Waals surface area contributed by atoms with Crippen molar-refractivity contribution in [2.24, 2.45) is 0 Å². The third-order valence-corrected chi connectivity index (χ3v) is 4.19. The van der Waals surface area contributed by atoms with Gasteiger partial charge in [-0.15, -0.1) is 10.2 Å². The van der Waals surface area contributed by atoms with Crippen molar-refractivity contribution in [3.05, 3.63) is 53.8 Å². The number of halogens is 1. The molecule has 3 aromatic rings. The van der Waals surface area contributed by atoms with E-state index in [2.05, 4.69) is 20.5 Å². The van der Waals surface area contributed by atoms with Crippen molar-refractivity contribution in [1.29, 1.82) is 0 Å². The molecule has 0 aliphatic heterocycles. The standard InChI is InChI=1S/C16H13ClN4O2S/c17-12-3-1-2-4-13(12)19-14(22)7-10-24-16-21-20-15(23-16)11-5-8-18-9-6-11/h1-6,8-9H,7,10H2,(H,19,22). The first-order valence-electron chi connectivity index (χ1n) is 7.13. The molecule has 2 heterocycles. The minimum Gasteiger partial charge on any atom is -0.411 e. The summed E-state index contributed by atoms with van der Waals surface area (Å²) < 4.78 is 5.55. The summed E-state index contributed by atoms with van der Waals surface area (Å²) in [5.41, 5.74) is 1.41.